The molecule has 2 N–H and O–H groups in total. The number of hydrogen-bond acceptors (Lipinski definition) is 3. The lowest BCUT2D eigenvalue weighted by Gasteiger charge is -2.18. The smallest absolute Gasteiger partial charge is 0.231 e. The minimum absolute atomic E-state index is 0.107. The average molecular weight is 340 g/mol. The molecule has 0 aliphatic heterocycles. The number of aryl methyl sites for hydroxylation is 1. The Morgan fingerprint density at radius 3 is 2.28 bits per heavy atom. The number of methoxy groups -OCH3 is 1. The number of rotatable bonds is 6. The van der Waals surface area contributed by atoms with Gasteiger partial charge in [0, 0.05) is 6.92 Å². The summed E-state index contributed by atoms with van der Waals surface area (Å²) in [5.74, 6) is 0.189. The van der Waals surface area contributed by atoms with Crippen molar-refractivity contribution in [1.82, 2.24) is 0 Å². The van der Waals surface area contributed by atoms with Crippen molar-refractivity contribution in [3.63, 3.8) is 0 Å². The quantitative estimate of drug-likeness (QED) is 0.832. The lowest BCUT2D eigenvalue weighted by atomic mass is 9.95. The molecule has 5 heteroatoms. The van der Waals surface area contributed by atoms with Crippen LogP contribution in [0.1, 0.15) is 37.3 Å². The largest absolute Gasteiger partial charge is 0.497 e. The topological polar surface area (TPSA) is 67.4 Å². The Balaban J connectivity index is 2.24. The van der Waals surface area contributed by atoms with Crippen molar-refractivity contribution in [2.45, 2.75) is 33.1 Å². The summed E-state index contributed by atoms with van der Waals surface area (Å²) in [5.41, 5.74) is 3.12. The van der Waals surface area contributed by atoms with Crippen LogP contribution in [0.4, 0.5) is 11.4 Å². The zero-order chi connectivity index (χ0) is 18.4. The van der Waals surface area contributed by atoms with E-state index in [1.54, 1.807) is 13.2 Å². The minimum Gasteiger partial charge on any atom is -0.497 e. The molecule has 132 valence electrons. The van der Waals surface area contributed by atoms with Gasteiger partial charge in [0.15, 0.2) is 0 Å². The van der Waals surface area contributed by atoms with Gasteiger partial charge >= 0.3 is 0 Å². The van der Waals surface area contributed by atoms with Crippen LogP contribution in [0.15, 0.2) is 42.5 Å². The molecule has 0 heterocycles. The van der Waals surface area contributed by atoms with Gasteiger partial charge in [0.2, 0.25) is 11.8 Å². The number of ether oxygens (including phenoxy) is 1. The SMILES string of the molecule is CCC(C(=O)Nc1cc(C)ccc1NC(C)=O)c1ccc(OC)cc1. The zero-order valence-electron chi connectivity index (χ0n) is 15.1. The van der Waals surface area contributed by atoms with Crippen molar-refractivity contribution in [3.05, 3.63) is 53.6 Å². The molecular weight excluding hydrogens is 316 g/mol. The standard InChI is InChI=1S/C20H24N2O3/c1-5-17(15-7-9-16(25-4)10-8-15)20(24)22-19-12-13(2)6-11-18(19)21-14(3)23/h6-12,17H,5H2,1-4H3,(H,21,23)(H,22,24). The molecule has 0 saturated heterocycles. The molecule has 0 aromatic heterocycles. The number of carbonyl (C=O) groups excluding carboxylic acids is 2. The molecular formula is C20H24N2O3. The molecule has 2 aromatic carbocycles. The van der Waals surface area contributed by atoms with Crippen molar-refractivity contribution < 1.29 is 14.3 Å². The summed E-state index contributed by atoms with van der Waals surface area (Å²) in [5, 5.41) is 5.70. The third-order valence-electron chi connectivity index (χ3n) is 3.99. The summed E-state index contributed by atoms with van der Waals surface area (Å²) in [6.07, 6.45) is 0.666. The fourth-order valence-electron chi connectivity index (χ4n) is 2.69. The van der Waals surface area contributed by atoms with E-state index in [0.29, 0.717) is 17.8 Å². The number of amides is 2. The van der Waals surface area contributed by atoms with E-state index in [2.05, 4.69) is 10.6 Å². The van der Waals surface area contributed by atoms with Crippen LogP contribution in [-0.2, 0) is 9.59 Å². The second-order valence-corrected chi connectivity index (χ2v) is 5.95. The first-order chi connectivity index (χ1) is 11.9. The highest BCUT2D eigenvalue weighted by Crippen LogP contribution is 2.27. The maximum absolute atomic E-state index is 12.8. The predicted octanol–water partition coefficient (Wildman–Crippen LogP) is 4.09. The van der Waals surface area contributed by atoms with Crippen molar-refractivity contribution in [3.8, 4) is 5.75 Å². The van der Waals surface area contributed by atoms with E-state index < -0.39 is 0 Å². The molecule has 2 amide bonds. The third kappa shape index (κ3) is 4.83. The Kier molecular flexibility index (Phi) is 6.17. The summed E-state index contributed by atoms with van der Waals surface area (Å²) in [6, 6.07) is 13.0. The molecule has 2 aromatic rings. The van der Waals surface area contributed by atoms with Gasteiger partial charge in [0.25, 0.3) is 0 Å². The Labute approximate surface area is 148 Å². The number of nitrogens with one attached hydrogen (secondary N) is 2. The van der Waals surface area contributed by atoms with Crippen molar-refractivity contribution in [2.75, 3.05) is 17.7 Å². The van der Waals surface area contributed by atoms with E-state index in [1.165, 1.54) is 6.92 Å². The Bertz CT molecular complexity index is 754. The summed E-state index contributed by atoms with van der Waals surface area (Å²) < 4.78 is 5.16. The molecule has 0 fully saturated rings. The summed E-state index contributed by atoms with van der Waals surface area (Å²) in [4.78, 5) is 24.2. The van der Waals surface area contributed by atoms with Gasteiger partial charge < -0.3 is 15.4 Å². The van der Waals surface area contributed by atoms with Gasteiger partial charge in [0.1, 0.15) is 5.75 Å². The molecule has 0 aliphatic carbocycles. The van der Waals surface area contributed by atoms with Crippen LogP contribution < -0.4 is 15.4 Å². The molecule has 0 radical (unpaired) electrons. The van der Waals surface area contributed by atoms with Crippen molar-refractivity contribution in [1.29, 1.82) is 0 Å². The van der Waals surface area contributed by atoms with Crippen LogP contribution in [0, 0.1) is 6.92 Å². The Hall–Kier alpha value is -2.82. The van der Waals surface area contributed by atoms with E-state index >= 15 is 0 Å². The van der Waals surface area contributed by atoms with Gasteiger partial charge in [-0.1, -0.05) is 25.1 Å². The first kappa shape index (κ1) is 18.5. The van der Waals surface area contributed by atoms with Crippen LogP contribution in [0.3, 0.4) is 0 Å². The maximum atomic E-state index is 12.8. The molecule has 0 spiro atoms. The van der Waals surface area contributed by atoms with E-state index in [0.717, 1.165) is 16.9 Å². The molecule has 0 bridgehead atoms. The fraction of sp³-hybridized carbons (Fsp3) is 0.300. The normalized spacial score (nSPS) is 11.5. The van der Waals surface area contributed by atoms with Crippen LogP contribution in [-0.4, -0.2) is 18.9 Å². The van der Waals surface area contributed by atoms with Crippen LogP contribution >= 0.6 is 0 Å². The number of anilines is 2. The molecule has 0 aliphatic rings. The van der Waals surface area contributed by atoms with Gasteiger partial charge in [-0.2, -0.15) is 0 Å². The molecule has 2 rings (SSSR count). The van der Waals surface area contributed by atoms with Gasteiger partial charge in [0.05, 0.1) is 24.4 Å². The van der Waals surface area contributed by atoms with E-state index in [4.69, 9.17) is 4.74 Å². The second-order valence-electron chi connectivity index (χ2n) is 5.95. The van der Waals surface area contributed by atoms with Gasteiger partial charge in [-0.15, -0.1) is 0 Å². The highest BCUT2D eigenvalue weighted by molar-refractivity contribution is 6.01. The van der Waals surface area contributed by atoms with Gasteiger partial charge in [-0.05, 0) is 48.7 Å². The number of hydrogen-bond donors (Lipinski definition) is 2. The molecule has 25 heavy (non-hydrogen) atoms. The second kappa shape index (κ2) is 8.33. The zero-order valence-corrected chi connectivity index (χ0v) is 15.1. The molecule has 1 unspecified atom stereocenters. The van der Waals surface area contributed by atoms with Crippen LogP contribution in [0.2, 0.25) is 0 Å². The van der Waals surface area contributed by atoms with Gasteiger partial charge in [-0.25, -0.2) is 0 Å². The highest BCUT2D eigenvalue weighted by atomic mass is 16.5. The number of carbonyl (C=O) groups is 2. The van der Waals surface area contributed by atoms with Crippen molar-refractivity contribution >= 4 is 23.2 Å². The fourth-order valence-corrected chi connectivity index (χ4v) is 2.69. The summed E-state index contributed by atoms with van der Waals surface area (Å²) >= 11 is 0. The first-order valence-electron chi connectivity index (χ1n) is 8.27. The van der Waals surface area contributed by atoms with Gasteiger partial charge in [-0.3, -0.25) is 9.59 Å². The monoisotopic (exact) mass is 340 g/mol. The highest BCUT2D eigenvalue weighted by Gasteiger charge is 2.20. The number of benzene rings is 2. The predicted molar refractivity (Wildman–Crippen MR) is 100 cm³/mol. The third-order valence-corrected chi connectivity index (χ3v) is 3.99. The summed E-state index contributed by atoms with van der Waals surface area (Å²) in [6.45, 7) is 5.35. The lowest BCUT2D eigenvalue weighted by Crippen LogP contribution is -2.22. The summed E-state index contributed by atoms with van der Waals surface area (Å²) in [7, 11) is 1.61. The maximum Gasteiger partial charge on any atom is 0.231 e. The molecule has 1 atom stereocenters. The Morgan fingerprint density at radius 2 is 1.72 bits per heavy atom. The van der Waals surface area contributed by atoms with Crippen LogP contribution in [0.5, 0.6) is 5.75 Å². The van der Waals surface area contributed by atoms with E-state index in [-0.39, 0.29) is 17.7 Å². The van der Waals surface area contributed by atoms with E-state index in [1.807, 2.05) is 50.2 Å². The minimum atomic E-state index is -0.281. The van der Waals surface area contributed by atoms with Crippen LogP contribution in [0.25, 0.3) is 0 Å². The van der Waals surface area contributed by atoms with Crippen molar-refractivity contribution in [2.24, 2.45) is 0 Å². The lowest BCUT2D eigenvalue weighted by molar-refractivity contribution is -0.117. The first-order valence-corrected chi connectivity index (χ1v) is 8.27. The van der Waals surface area contributed by atoms with E-state index in [9.17, 15) is 9.59 Å². The Morgan fingerprint density at radius 1 is 1.04 bits per heavy atom. The molecule has 0 saturated carbocycles. The molecule has 5 nitrogen and oxygen atoms in total. The average Bonchev–Trinajstić information content (AvgIpc) is 2.58.